The number of allylic oxidation sites excluding steroid dienone is 3. The summed E-state index contributed by atoms with van der Waals surface area (Å²) in [5, 5.41) is 0. The standard InChI is InChI=1S/C21H26O4/c1-5-24-19(22)21(20(23)25-6-2)13-16(4)18(14-21)12-11-17-10-8-7-9-15(17)3/h7-12H,5-6,13-14H2,1-4H3/b12-11-. The molecule has 1 aromatic rings. The molecule has 0 spiro atoms. The van der Waals surface area contributed by atoms with Crippen LogP contribution in [0.4, 0.5) is 0 Å². The van der Waals surface area contributed by atoms with Crippen molar-refractivity contribution in [2.45, 2.75) is 40.5 Å². The highest BCUT2D eigenvalue weighted by Crippen LogP contribution is 2.44. The van der Waals surface area contributed by atoms with Gasteiger partial charge in [-0.1, -0.05) is 42.0 Å². The molecule has 0 bridgehead atoms. The predicted octanol–water partition coefficient (Wildman–Crippen LogP) is 4.23. The molecule has 1 aliphatic carbocycles. The van der Waals surface area contributed by atoms with Crippen molar-refractivity contribution in [3.63, 3.8) is 0 Å². The van der Waals surface area contributed by atoms with Crippen LogP contribution >= 0.6 is 0 Å². The second kappa shape index (κ2) is 8.15. The van der Waals surface area contributed by atoms with Crippen LogP contribution in [-0.4, -0.2) is 25.2 Å². The lowest BCUT2D eigenvalue weighted by Gasteiger charge is -2.24. The highest BCUT2D eigenvalue weighted by molar-refractivity contribution is 6.01. The number of carbonyl (C=O) groups is 2. The fraction of sp³-hybridized carbons (Fsp3) is 0.429. The molecule has 0 atom stereocenters. The van der Waals surface area contributed by atoms with Crippen LogP contribution in [0.3, 0.4) is 0 Å². The average Bonchev–Trinajstić information content (AvgIpc) is 2.93. The Morgan fingerprint density at radius 1 is 1.00 bits per heavy atom. The number of esters is 2. The molecule has 1 aromatic carbocycles. The molecular formula is C21H26O4. The summed E-state index contributed by atoms with van der Waals surface area (Å²) < 4.78 is 10.4. The van der Waals surface area contributed by atoms with E-state index in [2.05, 4.69) is 13.0 Å². The van der Waals surface area contributed by atoms with Gasteiger partial charge in [0.1, 0.15) is 0 Å². The van der Waals surface area contributed by atoms with Crippen LogP contribution in [0.15, 0.2) is 41.5 Å². The van der Waals surface area contributed by atoms with Crippen molar-refractivity contribution in [3.8, 4) is 0 Å². The zero-order valence-corrected chi connectivity index (χ0v) is 15.4. The fourth-order valence-electron chi connectivity index (χ4n) is 3.18. The van der Waals surface area contributed by atoms with Gasteiger partial charge in [-0.25, -0.2) is 0 Å². The Kier molecular flexibility index (Phi) is 6.18. The van der Waals surface area contributed by atoms with E-state index in [1.807, 2.05) is 37.3 Å². The Balaban J connectivity index is 2.27. The van der Waals surface area contributed by atoms with Crippen LogP contribution < -0.4 is 0 Å². The Morgan fingerprint density at radius 2 is 1.60 bits per heavy atom. The van der Waals surface area contributed by atoms with E-state index in [0.717, 1.165) is 16.7 Å². The van der Waals surface area contributed by atoms with Gasteiger partial charge in [0.2, 0.25) is 0 Å². The van der Waals surface area contributed by atoms with E-state index in [9.17, 15) is 9.59 Å². The van der Waals surface area contributed by atoms with Crippen LogP contribution in [0.25, 0.3) is 6.08 Å². The van der Waals surface area contributed by atoms with Crippen molar-refractivity contribution in [3.05, 3.63) is 52.6 Å². The zero-order chi connectivity index (χ0) is 18.4. The molecule has 4 heteroatoms. The number of hydrogen-bond acceptors (Lipinski definition) is 4. The summed E-state index contributed by atoms with van der Waals surface area (Å²) in [4.78, 5) is 25.1. The van der Waals surface area contributed by atoms with Crippen LogP contribution in [0.2, 0.25) is 0 Å². The second-order valence-electron chi connectivity index (χ2n) is 6.37. The van der Waals surface area contributed by atoms with Gasteiger partial charge in [-0.15, -0.1) is 0 Å². The first kappa shape index (κ1) is 19.0. The van der Waals surface area contributed by atoms with Gasteiger partial charge in [-0.05, 0) is 57.2 Å². The number of rotatable bonds is 6. The van der Waals surface area contributed by atoms with E-state index in [1.54, 1.807) is 13.8 Å². The summed E-state index contributed by atoms with van der Waals surface area (Å²) in [5.74, 6) is -0.987. The van der Waals surface area contributed by atoms with E-state index in [-0.39, 0.29) is 13.2 Å². The molecular weight excluding hydrogens is 316 g/mol. The van der Waals surface area contributed by atoms with Crippen molar-refractivity contribution in [2.24, 2.45) is 5.41 Å². The average molecular weight is 342 g/mol. The Bertz CT molecular complexity index is 694. The molecule has 4 nitrogen and oxygen atoms in total. The molecule has 0 radical (unpaired) electrons. The summed E-state index contributed by atoms with van der Waals surface area (Å²) in [7, 11) is 0. The van der Waals surface area contributed by atoms with Gasteiger partial charge in [-0.2, -0.15) is 0 Å². The number of aryl methyl sites for hydroxylation is 1. The quantitative estimate of drug-likeness (QED) is 0.573. The molecule has 0 aliphatic heterocycles. The van der Waals surface area contributed by atoms with Gasteiger partial charge in [0, 0.05) is 0 Å². The minimum absolute atomic E-state index is 0.243. The van der Waals surface area contributed by atoms with Crippen molar-refractivity contribution in [2.75, 3.05) is 13.2 Å². The third-order valence-electron chi connectivity index (χ3n) is 4.59. The first-order valence-corrected chi connectivity index (χ1v) is 8.71. The van der Waals surface area contributed by atoms with Crippen molar-refractivity contribution in [1.82, 2.24) is 0 Å². The highest BCUT2D eigenvalue weighted by atomic mass is 16.6. The van der Waals surface area contributed by atoms with Crippen molar-refractivity contribution in [1.29, 1.82) is 0 Å². The summed E-state index contributed by atoms with van der Waals surface area (Å²) in [6, 6.07) is 8.08. The Hall–Kier alpha value is -2.36. The maximum absolute atomic E-state index is 12.5. The van der Waals surface area contributed by atoms with Gasteiger partial charge in [-0.3, -0.25) is 9.59 Å². The van der Waals surface area contributed by atoms with E-state index < -0.39 is 17.4 Å². The lowest BCUT2D eigenvalue weighted by Crippen LogP contribution is -2.40. The highest BCUT2D eigenvalue weighted by Gasteiger charge is 2.52. The van der Waals surface area contributed by atoms with E-state index in [0.29, 0.717) is 12.8 Å². The maximum atomic E-state index is 12.5. The third-order valence-corrected chi connectivity index (χ3v) is 4.59. The zero-order valence-electron chi connectivity index (χ0n) is 15.4. The number of benzene rings is 1. The minimum atomic E-state index is -1.25. The predicted molar refractivity (Wildman–Crippen MR) is 97.8 cm³/mol. The molecule has 0 amide bonds. The summed E-state index contributed by atoms with van der Waals surface area (Å²) in [5.41, 5.74) is 3.06. The molecule has 0 unspecified atom stereocenters. The molecule has 1 aliphatic rings. The topological polar surface area (TPSA) is 52.6 Å². The first-order valence-electron chi connectivity index (χ1n) is 8.71. The van der Waals surface area contributed by atoms with Gasteiger partial charge >= 0.3 is 11.9 Å². The van der Waals surface area contributed by atoms with E-state index in [1.165, 1.54) is 5.56 Å². The summed E-state index contributed by atoms with van der Waals surface area (Å²) in [6.07, 6.45) is 4.69. The number of carbonyl (C=O) groups excluding carboxylic acids is 2. The molecule has 0 saturated carbocycles. The number of ether oxygens (including phenoxy) is 2. The molecule has 0 fully saturated rings. The molecule has 25 heavy (non-hydrogen) atoms. The Morgan fingerprint density at radius 3 is 2.16 bits per heavy atom. The van der Waals surface area contributed by atoms with Crippen molar-refractivity contribution < 1.29 is 19.1 Å². The van der Waals surface area contributed by atoms with Gasteiger partial charge in [0.05, 0.1) is 13.2 Å². The van der Waals surface area contributed by atoms with Crippen LogP contribution in [-0.2, 0) is 19.1 Å². The van der Waals surface area contributed by atoms with E-state index in [4.69, 9.17) is 9.47 Å². The lowest BCUT2D eigenvalue weighted by molar-refractivity contribution is -0.171. The SMILES string of the molecule is CCOC(=O)C1(C(=O)OCC)CC(C)=C(/C=C\c2ccccc2C)C1. The minimum Gasteiger partial charge on any atom is -0.465 e. The Labute approximate surface area is 149 Å². The van der Waals surface area contributed by atoms with Crippen LogP contribution in [0.1, 0.15) is 44.7 Å². The molecule has 0 N–H and O–H groups in total. The summed E-state index contributed by atoms with van der Waals surface area (Å²) >= 11 is 0. The van der Waals surface area contributed by atoms with Crippen LogP contribution in [0, 0.1) is 12.3 Å². The summed E-state index contributed by atoms with van der Waals surface area (Å²) in [6.45, 7) is 7.98. The first-order chi connectivity index (χ1) is 11.9. The smallest absolute Gasteiger partial charge is 0.324 e. The third kappa shape index (κ3) is 4.01. The molecule has 2 rings (SSSR count). The number of hydrogen-bond donors (Lipinski definition) is 0. The largest absolute Gasteiger partial charge is 0.465 e. The molecule has 0 aromatic heterocycles. The monoisotopic (exact) mass is 342 g/mol. The molecule has 134 valence electrons. The fourth-order valence-corrected chi connectivity index (χ4v) is 3.18. The van der Waals surface area contributed by atoms with E-state index >= 15 is 0 Å². The van der Waals surface area contributed by atoms with Crippen LogP contribution in [0.5, 0.6) is 0 Å². The van der Waals surface area contributed by atoms with Gasteiger partial charge in [0.15, 0.2) is 5.41 Å². The molecule has 0 heterocycles. The van der Waals surface area contributed by atoms with Crippen molar-refractivity contribution >= 4 is 18.0 Å². The lowest BCUT2D eigenvalue weighted by atomic mass is 9.83. The molecule has 0 saturated heterocycles. The van der Waals surface area contributed by atoms with Gasteiger partial charge in [0.25, 0.3) is 0 Å². The second-order valence-corrected chi connectivity index (χ2v) is 6.37. The van der Waals surface area contributed by atoms with Gasteiger partial charge < -0.3 is 9.47 Å². The normalized spacial score (nSPS) is 16.3. The maximum Gasteiger partial charge on any atom is 0.324 e.